The fourth-order valence-electron chi connectivity index (χ4n) is 1.85. The fraction of sp³-hybridized carbons (Fsp3) is 0.727. The average molecular weight is 306 g/mol. The van der Waals surface area contributed by atoms with Crippen LogP contribution in [-0.2, 0) is 20.4 Å². The lowest BCUT2D eigenvalue weighted by Gasteiger charge is -2.23. The van der Waals surface area contributed by atoms with Crippen LogP contribution in [-0.4, -0.2) is 56.0 Å². The highest BCUT2D eigenvalue weighted by Gasteiger charge is 2.24. The van der Waals surface area contributed by atoms with Gasteiger partial charge in [0.15, 0.2) is 0 Å². The van der Waals surface area contributed by atoms with Gasteiger partial charge >= 0.3 is 18.0 Å². The van der Waals surface area contributed by atoms with Gasteiger partial charge in [-0.1, -0.05) is 0 Å². The number of nitrogens with one attached hydrogen (secondary N) is 2. The third kappa shape index (κ3) is 6.00. The second-order valence-electron chi connectivity index (χ2n) is 4.56. The van der Waals surface area contributed by atoms with Crippen LogP contribution in [0.4, 0.5) is 4.79 Å². The van der Waals surface area contributed by atoms with Gasteiger partial charge in [-0.25, -0.2) is 9.59 Å². The van der Waals surface area contributed by atoms with E-state index < -0.39 is 34.8 Å². The van der Waals surface area contributed by atoms with E-state index >= 15 is 0 Å². The second-order valence-corrected chi connectivity index (χ2v) is 6.26. The van der Waals surface area contributed by atoms with Crippen molar-refractivity contribution in [3.63, 3.8) is 0 Å². The molecule has 9 heteroatoms. The van der Waals surface area contributed by atoms with Crippen molar-refractivity contribution in [2.45, 2.75) is 37.8 Å². The van der Waals surface area contributed by atoms with Crippen LogP contribution >= 0.6 is 0 Å². The molecule has 1 fully saturated rings. The summed E-state index contributed by atoms with van der Waals surface area (Å²) < 4.78 is 11.2. The standard InChI is InChI=1S/C11H18N2O6S/c14-9(15)2-1-8(10(16)17)13-11(18)12-7-3-5-20(19)6-4-7/h7-8H,1-6H2,(H,14,15)(H,16,17)(H2,12,13,18). The molecule has 4 N–H and O–H groups in total. The van der Waals surface area contributed by atoms with Crippen molar-refractivity contribution >= 4 is 28.8 Å². The maximum absolute atomic E-state index is 11.6. The molecule has 1 aliphatic heterocycles. The molecule has 0 aromatic carbocycles. The highest BCUT2D eigenvalue weighted by Crippen LogP contribution is 2.09. The molecule has 20 heavy (non-hydrogen) atoms. The minimum absolute atomic E-state index is 0.124. The lowest BCUT2D eigenvalue weighted by molar-refractivity contribution is -0.140. The number of carboxylic acid groups (broad SMARTS) is 2. The van der Waals surface area contributed by atoms with Gasteiger partial charge in [0, 0.05) is 34.8 Å². The molecule has 8 nitrogen and oxygen atoms in total. The number of urea groups is 1. The Morgan fingerprint density at radius 2 is 1.80 bits per heavy atom. The first-order valence-electron chi connectivity index (χ1n) is 6.25. The number of amides is 2. The molecule has 0 saturated carbocycles. The number of carbonyl (C=O) groups excluding carboxylic acids is 1. The summed E-state index contributed by atoms with van der Waals surface area (Å²) in [6.45, 7) is 0. The van der Waals surface area contributed by atoms with Crippen molar-refractivity contribution in [3.05, 3.63) is 0 Å². The van der Waals surface area contributed by atoms with Gasteiger partial charge in [0.2, 0.25) is 0 Å². The van der Waals surface area contributed by atoms with Crippen LogP contribution < -0.4 is 10.6 Å². The summed E-state index contributed by atoms with van der Waals surface area (Å²) in [6.07, 6.45) is 0.673. The third-order valence-corrected chi connectivity index (χ3v) is 4.36. The molecule has 1 aliphatic rings. The molecule has 0 aromatic rings. The highest BCUT2D eigenvalue weighted by molar-refractivity contribution is 7.85. The molecule has 0 aromatic heterocycles. The first kappa shape index (κ1) is 16.4. The van der Waals surface area contributed by atoms with E-state index in [4.69, 9.17) is 10.2 Å². The zero-order chi connectivity index (χ0) is 15.1. The van der Waals surface area contributed by atoms with Crippen LogP contribution in [0, 0.1) is 0 Å². The summed E-state index contributed by atoms with van der Waals surface area (Å²) in [5.41, 5.74) is 0. The molecule has 1 atom stereocenters. The van der Waals surface area contributed by atoms with Crippen molar-refractivity contribution in [1.82, 2.24) is 10.6 Å². The summed E-state index contributed by atoms with van der Waals surface area (Å²) >= 11 is 0. The molecule has 1 unspecified atom stereocenters. The molecule has 0 radical (unpaired) electrons. The van der Waals surface area contributed by atoms with Gasteiger partial charge in [0.25, 0.3) is 0 Å². The monoisotopic (exact) mass is 306 g/mol. The Morgan fingerprint density at radius 1 is 1.20 bits per heavy atom. The molecule has 1 saturated heterocycles. The van der Waals surface area contributed by atoms with Gasteiger partial charge in [-0.3, -0.25) is 9.00 Å². The molecule has 0 bridgehead atoms. The lowest BCUT2D eigenvalue weighted by atomic mass is 10.1. The predicted octanol–water partition coefficient (Wildman–Crippen LogP) is -0.485. The quantitative estimate of drug-likeness (QED) is 0.523. The number of hydrogen-bond donors (Lipinski definition) is 4. The maximum atomic E-state index is 11.6. The number of aliphatic carboxylic acids is 2. The number of rotatable bonds is 6. The van der Waals surface area contributed by atoms with Gasteiger partial charge in [-0.15, -0.1) is 0 Å². The van der Waals surface area contributed by atoms with Gasteiger partial charge in [-0.05, 0) is 19.3 Å². The maximum Gasteiger partial charge on any atom is 0.326 e. The number of carboxylic acids is 2. The molecular weight excluding hydrogens is 288 g/mol. The van der Waals surface area contributed by atoms with Crippen LogP contribution in [0.15, 0.2) is 0 Å². The van der Waals surface area contributed by atoms with E-state index in [0.29, 0.717) is 24.3 Å². The van der Waals surface area contributed by atoms with Gasteiger partial charge < -0.3 is 20.8 Å². The fourth-order valence-corrected chi connectivity index (χ4v) is 3.15. The Bertz CT molecular complexity index is 404. The van der Waals surface area contributed by atoms with Crippen LogP contribution in [0.1, 0.15) is 25.7 Å². The van der Waals surface area contributed by atoms with E-state index in [-0.39, 0.29) is 18.9 Å². The summed E-state index contributed by atoms with van der Waals surface area (Å²) in [5.74, 6) is -1.35. The summed E-state index contributed by atoms with van der Waals surface area (Å²) in [7, 11) is -0.833. The zero-order valence-electron chi connectivity index (χ0n) is 10.8. The van der Waals surface area contributed by atoms with Gasteiger partial charge in [0.05, 0.1) is 0 Å². The Labute approximate surface area is 118 Å². The van der Waals surface area contributed by atoms with Crippen molar-refractivity contribution in [2.75, 3.05) is 11.5 Å². The molecule has 0 spiro atoms. The molecular formula is C11H18N2O6S. The summed E-state index contributed by atoms with van der Waals surface area (Å²) in [6, 6.07) is -1.99. The second kappa shape index (κ2) is 7.83. The van der Waals surface area contributed by atoms with Crippen LogP contribution in [0.3, 0.4) is 0 Å². The third-order valence-electron chi connectivity index (χ3n) is 2.97. The van der Waals surface area contributed by atoms with Gasteiger partial charge in [-0.2, -0.15) is 0 Å². The topological polar surface area (TPSA) is 133 Å². The number of hydrogen-bond acceptors (Lipinski definition) is 4. The Hall–Kier alpha value is -1.64. The van der Waals surface area contributed by atoms with Gasteiger partial charge in [0.1, 0.15) is 6.04 Å². The largest absolute Gasteiger partial charge is 0.481 e. The normalized spacial score (nSPS) is 23.6. The molecule has 114 valence electrons. The smallest absolute Gasteiger partial charge is 0.326 e. The molecule has 2 amide bonds. The Balaban J connectivity index is 2.39. The van der Waals surface area contributed by atoms with Crippen molar-refractivity contribution in [1.29, 1.82) is 0 Å². The highest BCUT2D eigenvalue weighted by atomic mass is 32.2. The van der Waals surface area contributed by atoms with Crippen molar-refractivity contribution in [2.24, 2.45) is 0 Å². The first-order valence-corrected chi connectivity index (χ1v) is 7.74. The summed E-state index contributed by atoms with van der Waals surface area (Å²) in [5, 5.41) is 22.3. The molecule has 0 aliphatic carbocycles. The SMILES string of the molecule is O=C(O)CCC(NC(=O)NC1CCS(=O)CC1)C(=O)O. The van der Waals surface area contributed by atoms with Crippen LogP contribution in [0.5, 0.6) is 0 Å². The predicted molar refractivity (Wildman–Crippen MR) is 70.9 cm³/mol. The van der Waals surface area contributed by atoms with E-state index in [2.05, 4.69) is 10.6 Å². The Kier molecular flexibility index (Phi) is 6.43. The first-order chi connectivity index (χ1) is 9.38. The minimum atomic E-state index is -1.27. The average Bonchev–Trinajstić information content (AvgIpc) is 2.36. The van der Waals surface area contributed by atoms with E-state index in [1.807, 2.05) is 0 Å². The molecule has 1 rings (SSSR count). The van der Waals surface area contributed by atoms with E-state index in [0.717, 1.165) is 0 Å². The van der Waals surface area contributed by atoms with Crippen molar-refractivity contribution < 1.29 is 28.8 Å². The minimum Gasteiger partial charge on any atom is -0.481 e. The Morgan fingerprint density at radius 3 is 2.30 bits per heavy atom. The lowest BCUT2D eigenvalue weighted by Crippen LogP contribution is -2.50. The van der Waals surface area contributed by atoms with E-state index in [9.17, 15) is 18.6 Å². The molecule has 1 heterocycles. The van der Waals surface area contributed by atoms with Crippen LogP contribution in [0.25, 0.3) is 0 Å². The number of carbonyl (C=O) groups is 3. The van der Waals surface area contributed by atoms with Crippen LogP contribution in [0.2, 0.25) is 0 Å². The van der Waals surface area contributed by atoms with E-state index in [1.165, 1.54) is 0 Å². The zero-order valence-corrected chi connectivity index (χ0v) is 11.6. The van der Waals surface area contributed by atoms with Crippen molar-refractivity contribution in [3.8, 4) is 0 Å². The van der Waals surface area contributed by atoms with E-state index in [1.54, 1.807) is 0 Å². The summed E-state index contributed by atoms with van der Waals surface area (Å²) in [4.78, 5) is 33.0.